The van der Waals surface area contributed by atoms with Crippen molar-refractivity contribution in [3.05, 3.63) is 22.2 Å². The van der Waals surface area contributed by atoms with Gasteiger partial charge >= 0.3 is 0 Å². The van der Waals surface area contributed by atoms with Gasteiger partial charge in [-0.25, -0.2) is 10.1 Å². The SMILES string of the molecule is CC1(C)[C@@H]2CC[C@@]1(C)c1nc3n[nH]c(=S)n3cc12. The molecule has 2 aromatic heterocycles. The van der Waals surface area contributed by atoms with Gasteiger partial charge in [0.25, 0.3) is 5.78 Å². The molecule has 1 saturated carbocycles. The quantitative estimate of drug-likeness (QED) is 0.741. The minimum Gasteiger partial charge on any atom is -0.259 e. The van der Waals surface area contributed by atoms with Crippen LogP contribution in [0.15, 0.2) is 6.20 Å². The van der Waals surface area contributed by atoms with Gasteiger partial charge in [0.2, 0.25) is 4.77 Å². The van der Waals surface area contributed by atoms with Crippen LogP contribution in [-0.2, 0) is 5.41 Å². The lowest BCUT2D eigenvalue weighted by atomic mass is 9.70. The highest BCUT2D eigenvalue weighted by atomic mass is 32.1. The van der Waals surface area contributed by atoms with Crippen LogP contribution in [0.5, 0.6) is 0 Å². The van der Waals surface area contributed by atoms with Crippen LogP contribution < -0.4 is 0 Å². The Bertz CT molecular complexity index is 726. The maximum Gasteiger partial charge on any atom is 0.253 e. The van der Waals surface area contributed by atoms with E-state index in [0.29, 0.717) is 16.5 Å². The Morgan fingerprint density at radius 1 is 1.44 bits per heavy atom. The maximum absolute atomic E-state index is 5.23. The molecule has 2 aliphatic carbocycles. The first-order valence-electron chi connectivity index (χ1n) is 6.43. The topological polar surface area (TPSA) is 46.0 Å². The molecule has 0 aliphatic heterocycles. The second kappa shape index (κ2) is 2.85. The number of fused-ring (bicyclic) bond motifs is 6. The Morgan fingerprint density at radius 3 is 3.00 bits per heavy atom. The fourth-order valence-corrected chi connectivity index (χ4v) is 4.20. The van der Waals surface area contributed by atoms with Crippen molar-refractivity contribution in [2.24, 2.45) is 5.41 Å². The summed E-state index contributed by atoms with van der Waals surface area (Å²) >= 11 is 5.23. The van der Waals surface area contributed by atoms with Gasteiger partial charge in [0.05, 0.1) is 5.69 Å². The maximum atomic E-state index is 5.23. The van der Waals surface area contributed by atoms with E-state index >= 15 is 0 Å². The van der Waals surface area contributed by atoms with Crippen molar-refractivity contribution >= 4 is 18.0 Å². The van der Waals surface area contributed by atoms with Crippen LogP contribution in [0.4, 0.5) is 0 Å². The van der Waals surface area contributed by atoms with Crippen LogP contribution in [-0.4, -0.2) is 19.6 Å². The van der Waals surface area contributed by atoms with Crippen LogP contribution in [0.1, 0.15) is 50.8 Å². The molecule has 2 aliphatic rings. The highest BCUT2D eigenvalue weighted by Gasteiger charge is 2.60. The van der Waals surface area contributed by atoms with E-state index in [-0.39, 0.29) is 10.8 Å². The molecule has 2 heterocycles. The van der Waals surface area contributed by atoms with E-state index in [1.807, 2.05) is 4.40 Å². The standard InChI is InChI=1S/C13H16N4S/c1-12(2)8-4-5-13(12,3)9-7(8)6-17-10(14-9)15-16-11(17)18/h6,8H,4-5H2,1-3H3,(H,16,18)/t8-,13+/m1/s1. The molecule has 4 rings (SSSR count). The number of aromatic amines is 1. The number of hydrogen-bond donors (Lipinski definition) is 1. The van der Waals surface area contributed by atoms with E-state index in [1.165, 1.54) is 24.1 Å². The van der Waals surface area contributed by atoms with Crippen molar-refractivity contribution in [3.8, 4) is 0 Å². The lowest BCUT2D eigenvalue weighted by Gasteiger charge is -2.34. The summed E-state index contributed by atoms with van der Waals surface area (Å²) in [6, 6.07) is 0. The normalized spacial score (nSPS) is 32.1. The van der Waals surface area contributed by atoms with Crippen LogP contribution in [0, 0.1) is 10.2 Å². The molecule has 0 amide bonds. The minimum absolute atomic E-state index is 0.183. The first-order valence-corrected chi connectivity index (χ1v) is 6.84. The van der Waals surface area contributed by atoms with Gasteiger partial charge in [-0.15, -0.1) is 5.10 Å². The molecule has 5 heteroatoms. The molecular weight excluding hydrogens is 244 g/mol. The van der Waals surface area contributed by atoms with E-state index in [9.17, 15) is 0 Å². The van der Waals surface area contributed by atoms with Gasteiger partial charge in [-0.1, -0.05) is 20.8 Å². The largest absolute Gasteiger partial charge is 0.259 e. The molecule has 2 bridgehead atoms. The number of hydrogen-bond acceptors (Lipinski definition) is 3. The summed E-state index contributed by atoms with van der Waals surface area (Å²) in [6.07, 6.45) is 4.64. The Labute approximate surface area is 110 Å². The summed E-state index contributed by atoms with van der Waals surface area (Å²) in [5.41, 5.74) is 3.08. The summed E-state index contributed by atoms with van der Waals surface area (Å²) < 4.78 is 2.53. The van der Waals surface area contributed by atoms with Crippen LogP contribution in [0.25, 0.3) is 5.78 Å². The third kappa shape index (κ3) is 0.934. The Morgan fingerprint density at radius 2 is 2.22 bits per heavy atom. The number of nitrogens with one attached hydrogen (secondary N) is 1. The highest BCUT2D eigenvalue weighted by molar-refractivity contribution is 7.71. The third-order valence-electron chi connectivity index (χ3n) is 5.56. The molecule has 18 heavy (non-hydrogen) atoms. The Balaban J connectivity index is 2.12. The molecule has 1 N–H and O–H groups in total. The molecule has 2 aromatic rings. The van der Waals surface area contributed by atoms with Crippen LogP contribution in [0.3, 0.4) is 0 Å². The second-order valence-corrected chi connectivity index (χ2v) is 6.78. The zero-order chi connectivity index (χ0) is 12.7. The van der Waals surface area contributed by atoms with E-state index in [0.717, 1.165) is 0 Å². The molecular formula is C13H16N4S. The van der Waals surface area contributed by atoms with Gasteiger partial charge in [0.1, 0.15) is 0 Å². The molecule has 4 nitrogen and oxygen atoms in total. The predicted molar refractivity (Wildman–Crippen MR) is 71.3 cm³/mol. The van der Waals surface area contributed by atoms with Gasteiger partial charge in [-0.05, 0) is 42.0 Å². The number of H-pyrrole nitrogens is 1. The van der Waals surface area contributed by atoms with E-state index in [1.54, 1.807) is 0 Å². The smallest absolute Gasteiger partial charge is 0.253 e. The van der Waals surface area contributed by atoms with Gasteiger partial charge in [0.15, 0.2) is 0 Å². The summed E-state index contributed by atoms with van der Waals surface area (Å²) in [5.74, 6) is 1.30. The van der Waals surface area contributed by atoms with E-state index in [2.05, 4.69) is 37.2 Å². The molecule has 0 aromatic carbocycles. The van der Waals surface area contributed by atoms with Crippen molar-refractivity contribution in [2.45, 2.75) is 44.9 Å². The molecule has 94 valence electrons. The molecule has 0 saturated heterocycles. The lowest BCUT2D eigenvalue weighted by Crippen LogP contribution is -2.32. The van der Waals surface area contributed by atoms with Crippen molar-refractivity contribution < 1.29 is 0 Å². The van der Waals surface area contributed by atoms with E-state index < -0.39 is 0 Å². The second-order valence-electron chi connectivity index (χ2n) is 6.39. The fourth-order valence-electron chi connectivity index (χ4n) is 4.02. The van der Waals surface area contributed by atoms with E-state index in [4.69, 9.17) is 17.2 Å². The first-order chi connectivity index (χ1) is 8.45. The third-order valence-corrected chi connectivity index (χ3v) is 5.85. The number of rotatable bonds is 0. The number of nitrogens with zero attached hydrogens (tertiary/aromatic N) is 3. The Kier molecular flexibility index (Phi) is 1.69. The van der Waals surface area contributed by atoms with Crippen LogP contribution >= 0.6 is 12.2 Å². The highest BCUT2D eigenvalue weighted by Crippen LogP contribution is 2.66. The lowest BCUT2D eigenvalue weighted by molar-refractivity contribution is 0.227. The van der Waals surface area contributed by atoms with Gasteiger partial charge in [-0.2, -0.15) is 0 Å². The molecule has 2 atom stereocenters. The van der Waals surface area contributed by atoms with Crippen molar-refractivity contribution in [3.63, 3.8) is 0 Å². The number of aromatic nitrogens is 4. The molecule has 1 fully saturated rings. The van der Waals surface area contributed by atoms with Gasteiger partial charge in [0, 0.05) is 11.6 Å². The van der Waals surface area contributed by atoms with Crippen LogP contribution in [0.2, 0.25) is 0 Å². The van der Waals surface area contributed by atoms with Crippen molar-refractivity contribution in [1.82, 2.24) is 19.6 Å². The summed E-state index contributed by atoms with van der Waals surface area (Å²) in [5, 5.41) is 7.01. The average molecular weight is 260 g/mol. The molecule has 0 spiro atoms. The summed E-state index contributed by atoms with van der Waals surface area (Å²) in [6.45, 7) is 7.09. The first kappa shape index (κ1) is 10.7. The van der Waals surface area contributed by atoms with Crippen molar-refractivity contribution in [1.29, 1.82) is 0 Å². The zero-order valence-electron chi connectivity index (χ0n) is 10.8. The average Bonchev–Trinajstić information content (AvgIpc) is 2.84. The monoisotopic (exact) mass is 260 g/mol. The zero-order valence-corrected chi connectivity index (χ0v) is 11.6. The molecule has 0 unspecified atom stereocenters. The summed E-state index contributed by atoms with van der Waals surface area (Å²) in [4.78, 5) is 4.78. The van der Waals surface area contributed by atoms with Gasteiger partial charge in [-0.3, -0.25) is 4.40 Å². The Hall–Kier alpha value is -1.23. The van der Waals surface area contributed by atoms with Gasteiger partial charge < -0.3 is 0 Å². The fraction of sp³-hybridized carbons (Fsp3) is 0.615. The molecule has 0 radical (unpaired) electrons. The minimum atomic E-state index is 0.183. The summed E-state index contributed by atoms with van der Waals surface area (Å²) in [7, 11) is 0. The predicted octanol–water partition coefficient (Wildman–Crippen LogP) is 2.96. The van der Waals surface area contributed by atoms with Crippen molar-refractivity contribution in [2.75, 3.05) is 0 Å².